The minimum atomic E-state index is -0.353. The number of fused-ring (bicyclic) bond motifs is 1. The number of nitrogens with zero attached hydrogens (tertiary/aromatic N) is 2. The van der Waals surface area contributed by atoms with Crippen LogP contribution in [0.5, 0.6) is 0 Å². The number of halogens is 1. The Balaban J connectivity index is 1.56. The van der Waals surface area contributed by atoms with Crippen LogP contribution in [0, 0.1) is 0 Å². The number of hydrogen-bond acceptors (Lipinski definition) is 5. The van der Waals surface area contributed by atoms with Crippen molar-refractivity contribution in [2.75, 3.05) is 42.8 Å². The van der Waals surface area contributed by atoms with Gasteiger partial charge in [-0.1, -0.05) is 41.9 Å². The van der Waals surface area contributed by atoms with Gasteiger partial charge in [0.25, 0.3) is 5.91 Å². The first-order chi connectivity index (χ1) is 16.9. The van der Waals surface area contributed by atoms with Gasteiger partial charge in [0.15, 0.2) is 0 Å². The van der Waals surface area contributed by atoms with Gasteiger partial charge in [-0.25, -0.2) is 4.79 Å². The standard InChI is InChI=1S/C27H25ClN4O3/c1-31(2)16-17-3-8-20(9-4-17)29-25(24-22-12-7-19(28)15-23(22)30-26(24)33)18-5-10-21(11-6-18)32-13-14-35-27(32)34/h3-12,15,29H,13-14,16H2,1-2H3,(H,30,33). The SMILES string of the molecule is CN(C)Cc1ccc(NC(=C2C(=O)Nc3cc(Cl)ccc32)c2ccc(N3CCOC3=O)cc2)cc1. The summed E-state index contributed by atoms with van der Waals surface area (Å²) in [7, 11) is 4.06. The Labute approximate surface area is 208 Å². The molecule has 8 heteroatoms. The second-order valence-electron chi connectivity index (χ2n) is 8.77. The zero-order chi connectivity index (χ0) is 24.5. The van der Waals surface area contributed by atoms with E-state index >= 15 is 0 Å². The molecule has 3 aromatic rings. The van der Waals surface area contributed by atoms with Gasteiger partial charge < -0.3 is 20.3 Å². The molecule has 3 aromatic carbocycles. The molecule has 0 atom stereocenters. The van der Waals surface area contributed by atoms with Crippen LogP contribution in [0.4, 0.5) is 21.9 Å². The molecule has 2 aliphatic heterocycles. The number of ether oxygens (including phenoxy) is 1. The highest BCUT2D eigenvalue weighted by Crippen LogP contribution is 2.39. The summed E-state index contributed by atoms with van der Waals surface area (Å²) in [6, 6.07) is 21.0. The van der Waals surface area contributed by atoms with E-state index in [2.05, 4.69) is 27.7 Å². The van der Waals surface area contributed by atoms with Gasteiger partial charge in [0, 0.05) is 28.5 Å². The maximum Gasteiger partial charge on any atom is 0.414 e. The number of carbonyl (C=O) groups is 2. The minimum absolute atomic E-state index is 0.207. The summed E-state index contributed by atoms with van der Waals surface area (Å²) in [4.78, 5) is 28.8. The van der Waals surface area contributed by atoms with Crippen LogP contribution in [-0.4, -0.2) is 44.1 Å². The molecule has 1 fully saturated rings. The lowest BCUT2D eigenvalue weighted by Crippen LogP contribution is -2.23. The van der Waals surface area contributed by atoms with E-state index < -0.39 is 0 Å². The van der Waals surface area contributed by atoms with Crippen molar-refractivity contribution in [1.29, 1.82) is 0 Å². The highest BCUT2D eigenvalue weighted by Gasteiger charge is 2.29. The summed E-state index contributed by atoms with van der Waals surface area (Å²) in [6.45, 7) is 1.73. The van der Waals surface area contributed by atoms with Crippen molar-refractivity contribution in [1.82, 2.24) is 4.90 Å². The normalized spacial score (nSPS) is 16.3. The lowest BCUT2D eigenvalue weighted by Gasteiger charge is -2.17. The molecule has 2 aliphatic rings. The number of carbonyl (C=O) groups excluding carboxylic acids is 2. The largest absolute Gasteiger partial charge is 0.447 e. The van der Waals surface area contributed by atoms with Crippen molar-refractivity contribution in [3.8, 4) is 0 Å². The Morgan fingerprint density at radius 3 is 2.46 bits per heavy atom. The van der Waals surface area contributed by atoms with Crippen LogP contribution in [0.25, 0.3) is 11.3 Å². The second kappa shape index (κ2) is 9.44. The van der Waals surface area contributed by atoms with Crippen molar-refractivity contribution in [2.24, 2.45) is 0 Å². The zero-order valence-corrected chi connectivity index (χ0v) is 20.2. The van der Waals surface area contributed by atoms with E-state index in [1.165, 1.54) is 5.56 Å². The number of cyclic esters (lactones) is 1. The summed E-state index contributed by atoms with van der Waals surface area (Å²) in [5.74, 6) is -0.207. The van der Waals surface area contributed by atoms with Crippen LogP contribution in [0.3, 0.4) is 0 Å². The van der Waals surface area contributed by atoms with Crippen LogP contribution >= 0.6 is 11.6 Å². The first-order valence-corrected chi connectivity index (χ1v) is 11.7. The molecule has 178 valence electrons. The van der Waals surface area contributed by atoms with E-state index in [9.17, 15) is 9.59 Å². The molecule has 1 saturated heterocycles. The summed E-state index contributed by atoms with van der Waals surface area (Å²) >= 11 is 6.16. The van der Waals surface area contributed by atoms with Crippen molar-refractivity contribution in [3.63, 3.8) is 0 Å². The van der Waals surface area contributed by atoms with Gasteiger partial charge in [-0.3, -0.25) is 9.69 Å². The van der Waals surface area contributed by atoms with Gasteiger partial charge in [-0.15, -0.1) is 0 Å². The Kier molecular flexibility index (Phi) is 6.19. The summed E-state index contributed by atoms with van der Waals surface area (Å²) < 4.78 is 5.05. The molecular formula is C27H25ClN4O3. The van der Waals surface area contributed by atoms with E-state index in [1.54, 1.807) is 17.0 Å². The van der Waals surface area contributed by atoms with Crippen LogP contribution in [0.2, 0.25) is 5.02 Å². The number of nitrogens with one attached hydrogen (secondary N) is 2. The third-order valence-electron chi connectivity index (χ3n) is 5.93. The van der Waals surface area contributed by atoms with E-state index in [1.807, 2.05) is 56.6 Å². The van der Waals surface area contributed by atoms with Gasteiger partial charge in [0.2, 0.25) is 0 Å². The van der Waals surface area contributed by atoms with E-state index in [-0.39, 0.29) is 12.0 Å². The van der Waals surface area contributed by atoms with Crippen LogP contribution in [-0.2, 0) is 16.1 Å². The molecule has 35 heavy (non-hydrogen) atoms. The highest BCUT2D eigenvalue weighted by molar-refractivity contribution is 6.38. The van der Waals surface area contributed by atoms with Crippen molar-refractivity contribution >= 4 is 51.9 Å². The van der Waals surface area contributed by atoms with E-state index in [0.29, 0.717) is 35.1 Å². The molecule has 0 aliphatic carbocycles. The Morgan fingerprint density at radius 1 is 1.06 bits per heavy atom. The number of benzene rings is 3. The lowest BCUT2D eigenvalue weighted by atomic mass is 9.99. The third kappa shape index (κ3) is 4.73. The van der Waals surface area contributed by atoms with Crippen LogP contribution in [0.15, 0.2) is 66.7 Å². The Morgan fingerprint density at radius 2 is 1.80 bits per heavy atom. The summed E-state index contributed by atoms with van der Waals surface area (Å²) in [6.07, 6.45) is -0.353. The average molecular weight is 489 g/mol. The first-order valence-electron chi connectivity index (χ1n) is 11.3. The highest BCUT2D eigenvalue weighted by atomic mass is 35.5. The van der Waals surface area contributed by atoms with Gasteiger partial charge >= 0.3 is 6.09 Å². The lowest BCUT2D eigenvalue weighted by molar-refractivity contribution is -0.110. The Bertz CT molecular complexity index is 1320. The minimum Gasteiger partial charge on any atom is -0.447 e. The predicted octanol–water partition coefficient (Wildman–Crippen LogP) is 5.29. The smallest absolute Gasteiger partial charge is 0.414 e. The maximum absolute atomic E-state index is 13.1. The molecule has 2 N–H and O–H groups in total. The number of anilines is 3. The van der Waals surface area contributed by atoms with Crippen molar-refractivity contribution in [3.05, 3.63) is 88.4 Å². The summed E-state index contributed by atoms with van der Waals surface area (Å²) in [5.41, 5.74) is 6.26. The van der Waals surface area contributed by atoms with Crippen LogP contribution in [0.1, 0.15) is 16.7 Å². The molecule has 0 bridgehead atoms. The molecule has 0 spiro atoms. The monoisotopic (exact) mass is 488 g/mol. The molecule has 0 aromatic heterocycles. The molecule has 0 radical (unpaired) electrons. The molecule has 0 saturated carbocycles. The predicted molar refractivity (Wildman–Crippen MR) is 139 cm³/mol. The van der Waals surface area contributed by atoms with Gasteiger partial charge in [-0.05, 0) is 61.6 Å². The molecule has 7 nitrogen and oxygen atoms in total. The fourth-order valence-corrected chi connectivity index (χ4v) is 4.48. The van der Waals surface area contributed by atoms with Gasteiger partial charge in [-0.2, -0.15) is 0 Å². The number of rotatable bonds is 6. The Hall–Kier alpha value is -3.81. The molecule has 0 unspecified atom stereocenters. The van der Waals surface area contributed by atoms with Crippen LogP contribution < -0.4 is 15.5 Å². The van der Waals surface area contributed by atoms with Crippen molar-refractivity contribution < 1.29 is 14.3 Å². The van der Waals surface area contributed by atoms with Gasteiger partial charge in [0.05, 0.1) is 23.5 Å². The molecule has 2 heterocycles. The molecular weight excluding hydrogens is 464 g/mol. The van der Waals surface area contributed by atoms with Crippen molar-refractivity contribution in [2.45, 2.75) is 6.54 Å². The number of amides is 2. The molecule has 5 rings (SSSR count). The second-order valence-corrected chi connectivity index (χ2v) is 9.20. The fraction of sp³-hybridized carbons (Fsp3) is 0.185. The maximum atomic E-state index is 13.1. The topological polar surface area (TPSA) is 73.9 Å². The third-order valence-corrected chi connectivity index (χ3v) is 6.16. The first kappa shape index (κ1) is 23.0. The molecule has 2 amide bonds. The number of hydrogen-bond donors (Lipinski definition) is 2. The average Bonchev–Trinajstić information content (AvgIpc) is 3.40. The van der Waals surface area contributed by atoms with Gasteiger partial charge in [0.1, 0.15) is 6.61 Å². The summed E-state index contributed by atoms with van der Waals surface area (Å²) in [5, 5.41) is 6.94. The van der Waals surface area contributed by atoms with E-state index in [4.69, 9.17) is 16.3 Å². The zero-order valence-electron chi connectivity index (χ0n) is 19.5. The fourth-order valence-electron chi connectivity index (χ4n) is 4.31. The van der Waals surface area contributed by atoms with E-state index in [0.717, 1.165) is 29.0 Å². The quantitative estimate of drug-likeness (QED) is 0.461.